The summed E-state index contributed by atoms with van der Waals surface area (Å²) < 4.78 is 0. The summed E-state index contributed by atoms with van der Waals surface area (Å²) in [4.78, 5) is 0. The fourth-order valence-corrected chi connectivity index (χ4v) is 2.84. The Kier molecular flexibility index (Phi) is 10.6. The molecule has 34 heavy (non-hydrogen) atoms. The normalized spacial score (nSPS) is 10.1. The van der Waals surface area contributed by atoms with Crippen molar-refractivity contribution in [2.75, 3.05) is 0 Å². The number of allylic oxidation sites excluding steroid dienone is 4. The van der Waals surface area contributed by atoms with Crippen molar-refractivity contribution in [3.63, 3.8) is 0 Å². The second kappa shape index (κ2) is 15.1. The Morgan fingerprint density at radius 2 is 0.676 bits per heavy atom. The predicted molar refractivity (Wildman–Crippen MR) is 147 cm³/mol. The predicted octanol–water partition coefficient (Wildman–Crippen LogP) is 8.06. The lowest BCUT2D eigenvalue weighted by atomic mass is 10.2. The molecule has 0 fully saturated rings. The minimum absolute atomic E-state index is 0.991. The van der Waals surface area contributed by atoms with Crippen LogP contribution in [0.15, 0.2) is 146 Å². The van der Waals surface area contributed by atoms with Gasteiger partial charge in [-0.2, -0.15) is 0 Å². The lowest BCUT2D eigenvalue weighted by molar-refractivity contribution is 1.65. The summed E-state index contributed by atoms with van der Waals surface area (Å²) in [7, 11) is 0. The van der Waals surface area contributed by atoms with Crippen molar-refractivity contribution in [2.24, 2.45) is 0 Å². The topological polar surface area (TPSA) is 0 Å². The van der Waals surface area contributed by atoms with Crippen molar-refractivity contribution in [3.8, 4) is 23.7 Å². The summed E-state index contributed by atoms with van der Waals surface area (Å²) >= 11 is 0. The van der Waals surface area contributed by atoms with Crippen LogP contribution in [-0.4, -0.2) is 0 Å². The first-order chi connectivity index (χ1) is 16.9. The molecule has 0 heteroatoms. The van der Waals surface area contributed by atoms with Gasteiger partial charge in [0.1, 0.15) is 0 Å². The van der Waals surface area contributed by atoms with E-state index in [9.17, 15) is 0 Å². The third-order valence-corrected chi connectivity index (χ3v) is 4.53. The van der Waals surface area contributed by atoms with Gasteiger partial charge in [-0.15, -0.1) is 0 Å². The highest BCUT2D eigenvalue weighted by atomic mass is 13.9. The van der Waals surface area contributed by atoms with Crippen LogP contribution in [0.1, 0.15) is 22.3 Å². The van der Waals surface area contributed by atoms with E-state index in [1.165, 1.54) is 11.1 Å². The number of hydrogen-bond acceptors (Lipinski definition) is 0. The number of rotatable bonds is 4. The first kappa shape index (κ1) is 23.9. The summed E-state index contributed by atoms with van der Waals surface area (Å²) in [5.74, 6) is 11.7. The van der Waals surface area contributed by atoms with Crippen molar-refractivity contribution >= 4 is 12.2 Å². The molecule has 0 aliphatic rings. The molecule has 4 aromatic rings. The Morgan fingerprint density at radius 3 is 1.03 bits per heavy atom. The summed E-state index contributed by atoms with van der Waals surface area (Å²) in [5, 5.41) is 0. The fourth-order valence-electron chi connectivity index (χ4n) is 2.84. The quantitative estimate of drug-likeness (QED) is 0.225. The average Bonchev–Trinajstić information content (AvgIpc) is 2.91. The average molecular weight is 435 g/mol. The fraction of sp³-hybridized carbons (Fsp3) is 0. The maximum atomic E-state index is 2.99. The minimum atomic E-state index is 0.991. The molecule has 0 aliphatic heterocycles. The Morgan fingerprint density at radius 1 is 0.353 bits per heavy atom. The van der Waals surface area contributed by atoms with Gasteiger partial charge in [-0.1, -0.05) is 145 Å². The molecule has 0 bridgehead atoms. The summed E-state index contributed by atoms with van der Waals surface area (Å²) in [5.41, 5.74) is 4.41. The molecular formula is C34H26. The first-order valence-corrected chi connectivity index (χ1v) is 11.1. The molecule has 0 saturated heterocycles. The Bertz CT molecular complexity index is 1200. The van der Waals surface area contributed by atoms with E-state index in [1.807, 2.05) is 121 Å². The Labute approximate surface area is 203 Å². The first-order valence-electron chi connectivity index (χ1n) is 11.1. The Balaban J connectivity index is 0.000000192. The zero-order valence-corrected chi connectivity index (χ0v) is 19.0. The molecular weight excluding hydrogens is 408 g/mol. The zero-order chi connectivity index (χ0) is 23.5. The minimum Gasteiger partial charge on any atom is -0.0622 e. The molecule has 0 N–H and O–H groups in total. The SMILES string of the molecule is C(=C\C=C\c1ccccc1)/C=C/c1ccccc1.C(C#Cc1ccccc1)#Cc1ccccc1. The van der Waals surface area contributed by atoms with Crippen LogP contribution >= 0.6 is 0 Å². The van der Waals surface area contributed by atoms with Crippen LogP contribution < -0.4 is 0 Å². The van der Waals surface area contributed by atoms with Crippen LogP contribution in [0.4, 0.5) is 0 Å². The Hall–Kier alpha value is -4.78. The van der Waals surface area contributed by atoms with Crippen LogP contribution in [0.5, 0.6) is 0 Å². The molecule has 0 atom stereocenters. The lowest BCUT2D eigenvalue weighted by Crippen LogP contribution is -1.71. The molecule has 0 aromatic heterocycles. The standard InChI is InChI=1S/C18H16.C16H10/c1(5-11-17-13-7-3-8-14-17)2-6-12-18-15-9-4-10-16-18;1-3-9-15(10-4-1)13-7-8-14-16-11-5-2-6-12-16/h1-16H;1-6,9-12H/b2-1+,11-5+,12-6+;. The number of benzene rings is 4. The van der Waals surface area contributed by atoms with Gasteiger partial charge in [0, 0.05) is 11.1 Å². The zero-order valence-electron chi connectivity index (χ0n) is 19.0. The van der Waals surface area contributed by atoms with E-state index in [1.54, 1.807) is 0 Å². The van der Waals surface area contributed by atoms with Gasteiger partial charge in [-0.3, -0.25) is 0 Å². The molecule has 0 amide bonds. The molecule has 0 nitrogen and oxygen atoms in total. The highest BCUT2D eigenvalue weighted by Crippen LogP contribution is 2.02. The smallest absolute Gasteiger partial charge is 0.0255 e. The van der Waals surface area contributed by atoms with Crippen LogP contribution in [-0.2, 0) is 0 Å². The van der Waals surface area contributed by atoms with E-state index in [-0.39, 0.29) is 0 Å². The van der Waals surface area contributed by atoms with Crippen molar-refractivity contribution in [1.82, 2.24) is 0 Å². The van der Waals surface area contributed by atoms with E-state index >= 15 is 0 Å². The van der Waals surface area contributed by atoms with E-state index in [0.717, 1.165) is 11.1 Å². The summed E-state index contributed by atoms with van der Waals surface area (Å²) in [6.07, 6.45) is 12.3. The van der Waals surface area contributed by atoms with Gasteiger partial charge in [0.2, 0.25) is 0 Å². The maximum Gasteiger partial charge on any atom is 0.0255 e. The van der Waals surface area contributed by atoms with Crippen LogP contribution in [0.2, 0.25) is 0 Å². The van der Waals surface area contributed by atoms with E-state index in [0.29, 0.717) is 0 Å². The molecule has 4 rings (SSSR count). The monoisotopic (exact) mass is 434 g/mol. The van der Waals surface area contributed by atoms with Gasteiger partial charge in [0.15, 0.2) is 0 Å². The third-order valence-electron chi connectivity index (χ3n) is 4.53. The molecule has 0 saturated carbocycles. The highest BCUT2D eigenvalue weighted by Gasteiger charge is 1.82. The van der Waals surface area contributed by atoms with Crippen molar-refractivity contribution in [3.05, 3.63) is 168 Å². The van der Waals surface area contributed by atoms with Crippen LogP contribution in [0.3, 0.4) is 0 Å². The van der Waals surface area contributed by atoms with Gasteiger partial charge in [-0.25, -0.2) is 0 Å². The molecule has 4 aromatic carbocycles. The summed E-state index contributed by atoms with van der Waals surface area (Å²) in [6, 6.07) is 40.2. The summed E-state index contributed by atoms with van der Waals surface area (Å²) in [6.45, 7) is 0. The van der Waals surface area contributed by atoms with E-state index in [4.69, 9.17) is 0 Å². The highest BCUT2D eigenvalue weighted by molar-refractivity contribution is 5.53. The molecule has 162 valence electrons. The van der Waals surface area contributed by atoms with Gasteiger partial charge in [0.25, 0.3) is 0 Å². The molecule has 0 heterocycles. The van der Waals surface area contributed by atoms with Gasteiger partial charge in [-0.05, 0) is 47.2 Å². The molecule has 0 spiro atoms. The van der Waals surface area contributed by atoms with E-state index < -0.39 is 0 Å². The van der Waals surface area contributed by atoms with Crippen LogP contribution in [0, 0.1) is 23.7 Å². The van der Waals surface area contributed by atoms with Gasteiger partial charge >= 0.3 is 0 Å². The second-order valence-electron chi connectivity index (χ2n) is 7.16. The largest absolute Gasteiger partial charge is 0.0622 e. The van der Waals surface area contributed by atoms with Gasteiger partial charge in [0.05, 0.1) is 0 Å². The van der Waals surface area contributed by atoms with Crippen molar-refractivity contribution in [2.45, 2.75) is 0 Å². The molecule has 0 unspecified atom stereocenters. The lowest BCUT2D eigenvalue weighted by Gasteiger charge is -1.89. The van der Waals surface area contributed by atoms with Crippen molar-refractivity contribution < 1.29 is 0 Å². The second-order valence-corrected chi connectivity index (χ2v) is 7.16. The van der Waals surface area contributed by atoms with Crippen molar-refractivity contribution in [1.29, 1.82) is 0 Å². The van der Waals surface area contributed by atoms with Crippen LogP contribution in [0.25, 0.3) is 12.2 Å². The van der Waals surface area contributed by atoms with Gasteiger partial charge < -0.3 is 0 Å². The van der Waals surface area contributed by atoms with E-state index in [2.05, 4.69) is 60.1 Å². The number of hydrogen-bond donors (Lipinski definition) is 0. The maximum absolute atomic E-state index is 2.99. The molecule has 0 radical (unpaired) electrons. The molecule has 0 aliphatic carbocycles. The third kappa shape index (κ3) is 10.0.